The molecule has 21 heavy (non-hydrogen) atoms. The fourth-order valence-electron chi connectivity index (χ4n) is 1.45. The molecule has 0 aliphatic heterocycles. The van der Waals surface area contributed by atoms with Gasteiger partial charge in [-0.3, -0.25) is 4.79 Å². The van der Waals surface area contributed by atoms with Gasteiger partial charge in [0, 0.05) is 21.1 Å². The van der Waals surface area contributed by atoms with Gasteiger partial charge in [0.1, 0.15) is 12.4 Å². The Hall–Kier alpha value is -1.80. The Morgan fingerprint density at radius 3 is 2.43 bits per heavy atom. The fourth-order valence-corrected chi connectivity index (χ4v) is 2.37. The summed E-state index contributed by atoms with van der Waals surface area (Å²) >= 11 is 0. The van der Waals surface area contributed by atoms with Crippen molar-refractivity contribution in [2.45, 2.75) is 0 Å². The number of nitrogens with two attached hydrogens (primary N) is 1. The van der Waals surface area contributed by atoms with Crippen LogP contribution in [0.1, 0.15) is 0 Å². The van der Waals surface area contributed by atoms with Crippen LogP contribution in [0.3, 0.4) is 0 Å². The molecule has 1 aromatic rings. The molecule has 0 saturated heterocycles. The van der Waals surface area contributed by atoms with Crippen molar-refractivity contribution in [3.05, 3.63) is 24.3 Å². The molecule has 0 fully saturated rings. The minimum absolute atomic E-state index is 0.0307. The van der Waals surface area contributed by atoms with Crippen molar-refractivity contribution >= 4 is 21.6 Å². The lowest BCUT2D eigenvalue weighted by Crippen LogP contribution is -2.39. The van der Waals surface area contributed by atoms with Crippen molar-refractivity contribution in [2.24, 2.45) is 0 Å². The van der Waals surface area contributed by atoms with E-state index >= 15 is 0 Å². The third-order valence-corrected chi connectivity index (χ3v) is 4.61. The Kier molecular flexibility index (Phi) is 5.98. The second kappa shape index (κ2) is 7.28. The van der Waals surface area contributed by atoms with Crippen LogP contribution in [0, 0.1) is 0 Å². The van der Waals surface area contributed by atoms with Crippen molar-refractivity contribution in [3.63, 3.8) is 0 Å². The van der Waals surface area contributed by atoms with Crippen LogP contribution in [0.15, 0.2) is 24.3 Å². The molecule has 7 nitrogen and oxygen atoms in total. The van der Waals surface area contributed by atoms with Crippen molar-refractivity contribution < 1.29 is 17.9 Å². The second-order valence-corrected chi connectivity index (χ2v) is 6.94. The lowest BCUT2D eigenvalue weighted by molar-refractivity contribution is -0.128. The average molecular weight is 315 g/mol. The van der Waals surface area contributed by atoms with E-state index in [1.54, 1.807) is 38.4 Å². The molecule has 0 atom stereocenters. The SMILES string of the molecule is CN(C)C(=O)CN(C)S(=O)(=O)CCOc1ccccc1N. The molecule has 0 aliphatic carbocycles. The first-order chi connectivity index (χ1) is 9.74. The number of carbonyl (C=O) groups is 1. The summed E-state index contributed by atoms with van der Waals surface area (Å²) in [5.74, 6) is -0.0625. The van der Waals surface area contributed by atoms with E-state index in [2.05, 4.69) is 0 Å². The Morgan fingerprint density at radius 2 is 1.86 bits per heavy atom. The lowest BCUT2D eigenvalue weighted by Gasteiger charge is -2.19. The number of nitrogen functional groups attached to an aromatic ring is 1. The molecule has 2 N–H and O–H groups in total. The number of rotatable bonds is 7. The number of ether oxygens (including phenoxy) is 1. The van der Waals surface area contributed by atoms with Crippen LogP contribution in [0.2, 0.25) is 0 Å². The maximum atomic E-state index is 12.0. The number of amides is 1. The Morgan fingerprint density at radius 1 is 1.24 bits per heavy atom. The molecule has 0 spiro atoms. The van der Waals surface area contributed by atoms with Crippen LogP contribution >= 0.6 is 0 Å². The highest BCUT2D eigenvalue weighted by atomic mass is 32.2. The van der Waals surface area contributed by atoms with E-state index in [4.69, 9.17) is 10.5 Å². The minimum atomic E-state index is -3.55. The number of hydrogen-bond acceptors (Lipinski definition) is 5. The first-order valence-corrected chi connectivity index (χ1v) is 7.96. The largest absolute Gasteiger partial charge is 0.490 e. The van der Waals surface area contributed by atoms with Crippen LogP contribution in [-0.4, -0.2) is 63.6 Å². The predicted molar refractivity (Wildman–Crippen MR) is 81.5 cm³/mol. The zero-order chi connectivity index (χ0) is 16.0. The molecule has 0 unspecified atom stereocenters. The summed E-state index contributed by atoms with van der Waals surface area (Å²) in [6.45, 7) is -0.222. The van der Waals surface area contributed by atoms with Gasteiger partial charge in [-0.2, -0.15) is 4.31 Å². The molecule has 0 aromatic heterocycles. The van der Waals surface area contributed by atoms with Gasteiger partial charge in [-0.15, -0.1) is 0 Å². The quantitative estimate of drug-likeness (QED) is 0.715. The maximum Gasteiger partial charge on any atom is 0.237 e. The normalized spacial score (nSPS) is 11.4. The van der Waals surface area contributed by atoms with Crippen molar-refractivity contribution in [2.75, 3.05) is 45.8 Å². The van der Waals surface area contributed by atoms with E-state index in [0.717, 1.165) is 4.31 Å². The highest BCUT2D eigenvalue weighted by Crippen LogP contribution is 2.19. The molecular weight excluding hydrogens is 294 g/mol. The van der Waals surface area contributed by atoms with Gasteiger partial charge >= 0.3 is 0 Å². The van der Waals surface area contributed by atoms with Crippen LogP contribution in [0.5, 0.6) is 5.75 Å². The van der Waals surface area contributed by atoms with Crippen LogP contribution in [0.25, 0.3) is 0 Å². The Labute approximate surface area is 125 Å². The standard InChI is InChI=1S/C13H21N3O4S/c1-15(2)13(17)10-16(3)21(18,19)9-8-20-12-7-5-4-6-11(12)14/h4-7H,8-10,14H2,1-3H3. The second-order valence-electron chi connectivity index (χ2n) is 4.75. The van der Waals surface area contributed by atoms with Gasteiger partial charge in [0.15, 0.2) is 0 Å². The van der Waals surface area contributed by atoms with Crippen molar-refractivity contribution in [3.8, 4) is 5.75 Å². The van der Waals surface area contributed by atoms with E-state index in [1.165, 1.54) is 11.9 Å². The zero-order valence-electron chi connectivity index (χ0n) is 12.4. The molecule has 8 heteroatoms. The first kappa shape index (κ1) is 17.3. The smallest absolute Gasteiger partial charge is 0.237 e. The monoisotopic (exact) mass is 315 g/mol. The van der Waals surface area contributed by atoms with Crippen LogP contribution in [0.4, 0.5) is 5.69 Å². The number of likely N-dealkylation sites (N-methyl/N-ethyl adjacent to an activating group) is 2. The van der Waals surface area contributed by atoms with Crippen molar-refractivity contribution in [1.29, 1.82) is 0 Å². The van der Waals surface area contributed by atoms with E-state index in [0.29, 0.717) is 11.4 Å². The number of para-hydroxylation sites is 2. The molecule has 1 rings (SSSR count). The summed E-state index contributed by atoms with van der Waals surface area (Å²) in [5.41, 5.74) is 6.14. The predicted octanol–water partition coefficient (Wildman–Crippen LogP) is -0.00260. The summed E-state index contributed by atoms with van der Waals surface area (Å²) in [4.78, 5) is 12.9. The summed E-state index contributed by atoms with van der Waals surface area (Å²) in [6.07, 6.45) is 0. The molecule has 0 heterocycles. The molecule has 0 aliphatic rings. The highest BCUT2D eigenvalue weighted by molar-refractivity contribution is 7.89. The topological polar surface area (TPSA) is 92.9 Å². The van der Waals surface area contributed by atoms with Gasteiger partial charge < -0.3 is 15.4 Å². The molecule has 1 aromatic carbocycles. The van der Waals surface area contributed by atoms with Gasteiger partial charge in [-0.05, 0) is 12.1 Å². The van der Waals surface area contributed by atoms with E-state index < -0.39 is 10.0 Å². The van der Waals surface area contributed by atoms with Crippen LogP contribution in [-0.2, 0) is 14.8 Å². The zero-order valence-corrected chi connectivity index (χ0v) is 13.3. The lowest BCUT2D eigenvalue weighted by atomic mass is 10.3. The van der Waals surface area contributed by atoms with E-state index in [1.807, 2.05) is 0 Å². The van der Waals surface area contributed by atoms with E-state index in [9.17, 15) is 13.2 Å². The Balaban J connectivity index is 2.53. The number of benzene rings is 1. The van der Waals surface area contributed by atoms with Gasteiger partial charge in [-0.1, -0.05) is 12.1 Å². The van der Waals surface area contributed by atoms with E-state index in [-0.39, 0.29) is 24.8 Å². The Bertz CT molecular complexity index is 587. The maximum absolute atomic E-state index is 12.0. The number of nitrogens with zero attached hydrogens (tertiary/aromatic N) is 2. The third-order valence-electron chi connectivity index (χ3n) is 2.85. The summed E-state index contributed by atoms with van der Waals surface area (Å²) in [7, 11) is 0.964. The number of hydrogen-bond donors (Lipinski definition) is 1. The molecular formula is C13H21N3O4S. The summed E-state index contributed by atoms with van der Waals surface area (Å²) in [5, 5.41) is 0. The van der Waals surface area contributed by atoms with Gasteiger partial charge in [0.2, 0.25) is 15.9 Å². The minimum Gasteiger partial charge on any atom is -0.490 e. The molecule has 1 amide bonds. The van der Waals surface area contributed by atoms with Crippen molar-refractivity contribution in [1.82, 2.24) is 9.21 Å². The van der Waals surface area contributed by atoms with Gasteiger partial charge in [0.25, 0.3) is 0 Å². The summed E-state index contributed by atoms with van der Waals surface area (Å²) < 4.78 is 30.4. The molecule has 0 saturated carbocycles. The molecule has 118 valence electrons. The number of anilines is 1. The number of carbonyl (C=O) groups excluding carboxylic acids is 1. The van der Waals surface area contributed by atoms with Crippen LogP contribution < -0.4 is 10.5 Å². The molecule has 0 bridgehead atoms. The average Bonchev–Trinajstić information content (AvgIpc) is 2.40. The number of sulfonamides is 1. The third kappa shape index (κ3) is 5.24. The first-order valence-electron chi connectivity index (χ1n) is 6.35. The van der Waals surface area contributed by atoms with Gasteiger partial charge in [0.05, 0.1) is 18.0 Å². The highest BCUT2D eigenvalue weighted by Gasteiger charge is 2.21. The summed E-state index contributed by atoms with van der Waals surface area (Å²) in [6, 6.07) is 6.86. The molecule has 0 radical (unpaired) electrons. The van der Waals surface area contributed by atoms with Gasteiger partial charge in [-0.25, -0.2) is 8.42 Å². The fraction of sp³-hybridized carbons (Fsp3) is 0.462.